The van der Waals surface area contributed by atoms with Crippen LogP contribution >= 0.6 is 0 Å². The van der Waals surface area contributed by atoms with Crippen LogP contribution in [0.25, 0.3) is 11.3 Å². The third-order valence-electron chi connectivity index (χ3n) is 4.44. The lowest BCUT2D eigenvalue weighted by Crippen LogP contribution is -2.04. The number of rotatable bonds is 4. The molecule has 1 heterocycles. The van der Waals surface area contributed by atoms with Crippen molar-refractivity contribution in [2.75, 3.05) is 0 Å². The van der Waals surface area contributed by atoms with Gasteiger partial charge in [0.25, 0.3) is 0 Å². The SMILES string of the molecule is CC(C)c1ccc(-c2nn(C3CCCC3)cc2C=O)cc1. The maximum absolute atomic E-state index is 11.4. The number of hydrogen-bond donors (Lipinski definition) is 0. The first-order valence-corrected chi connectivity index (χ1v) is 7.83. The molecule has 1 saturated carbocycles. The van der Waals surface area contributed by atoms with Crippen LogP contribution in [0.3, 0.4) is 0 Å². The van der Waals surface area contributed by atoms with Crippen LogP contribution in [0.2, 0.25) is 0 Å². The van der Waals surface area contributed by atoms with Gasteiger partial charge in [-0.15, -0.1) is 0 Å². The first-order valence-electron chi connectivity index (χ1n) is 7.83. The van der Waals surface area contributed by atoms with Gasteiger partial charge in [0.05, 0.1) is 11.6 Å². The zero-order valence-electron chi connectivity index (χ0n) is 12.7. The van der Waals surface area contributed by atoms with Gasteiger partial charge in [-0.05, 0) is 24.3 Å². The average Bonchev–Trinajstić information content (AvgIpc) is 3.16. The van der Waals surface area contributed by atoms with Gasteiger partial charge in [0, 0.05) is 11.8 Å². The van der Waals surface area contributed by atoms with Crippen molar-refractivity contribution in [1.82, 2.24) is 9.78 Å². The van der Waals surface area contributed by atoms with Crippen molar-refractivity contribution in [3.8, 4) is 11.3 Å². The lowest BCUT2D eigenvalue weighted by Gasteiger charge is -2.09. The third-order valence-corrected chi connectivity index (χ3v) is 4.44. The van der Waals surface area contributed by atoms with E-state index in [1.54, 1.807) is 0 Å². The highest BCUT2D eigenvalue weighted by molar-refractivity contribution is 5.85. The molecule has 0 N–H and O–H groups in total. The van der Waals surface area contributed by atoms with E-state index in [2.05, 4.69) is 38.1 Å². The summed E-state index contributed by atoms with van der Waals surface area (Å²) in [6.07, 6.45) is 7.70. The second kappa shape index (κ2) is 5.84. The molecule has 3 heteroatoms. The van der Waals surface area contributed by atoms with E-state index in [9.17, 15) is 4.79 Å². The second-order valence-corrected chi connectivity index (χ2v) is 6.25. The molecular formula is C18H22N2O. The Morgan fingerprint density at radius 1 is 1.19 bits per heavy atom. The molecule has 1 aromatic heterocycles. The van der Waals surface area contributed by atoms with Crippen LogP contribution in [-0.2, 0) is 0 Å². The number of carbonyl (C=O) groups excluding carboxylic acids is 1. The minimum absolute atomic E-state index is 0.465. The van der Waals surface area contributed by atoms with E-state index in [-0.39, 0.29) is 0 Å². The third kappa shape index (κ3) is 2.78. The van der Waals surface area contributed by atoms with E-state index < -0.39 is 0 Å². The van der Waals surface area contributed by atoms with Gasteiger partial charge in [-0.25, -0.2) is 0 Å². The fourth-order valence-corrected chi connectivity index (χ4v) is 3.10. The molecule has 0 atom stereocenters. The normalized spacial score (nSPS) is 15.8. The Hall–Kier alpha value is -1.90. The Bertz CT molecular complexity index is 619. The van der Waals surface area contributed by atoms with Crippen molar-refractivity contribution in [3.63, 3.8) is 0 Å². The number of carbonyl (C=O) groups is 1. The van der Waals surface area contributed by atoms with Crippen molar-refractivity contribution in [2.24, 2.45) is 0 Å². The fraction of sp³-hybridized carbons (Fsp3) is 0.444. The summed E-state index contributed by atoms with van der Waals surface area (Å²) >= 11 is 0. The molecule has 21 heavy (non-hydrogen) atoms. The molecule has 0 saturated heterocycles. The Balaban J connectivity index is 1.94. The van der Waals surface area contributed by atoms with Gasteiger partial charge in [-0.2, -0.15) is 5.10 Å². The molecule has 0 amide bonds. The lowest BCUT2D eigenvalue weighted by atomic mass is 10.00. The van der Waals surface area contributed by atoms with Gasteiger partial charge in [-0.3, -0.25) is 9.48 Å². The summed E-state index contributed by atoms with van der Waals surface area (Å²) in [6, 6.07) is 8.87. The Morgan fingerprint density at radius 2 is 1.86 bits per heavy atom. The van der Waals surface area contributed by atoms with Crippen LogP contribution in [0.5, 0.6) is 0 Å². The molecular weight excluding hydrogens is 260 g/mol. The molecule has 1 aliphatic rings. The van der Waals surface area contributed by atoms with Crippen molar-refractivity contribution < 1.29 is 4.79 Å². The number of aldehydes is 1. The summed E-state index contributed by atoms with van der Waals surface area (Å²) in [4.78, 5) is 11.4. The van der Waals surface area contributed by atoms with Gasteiger partial charge < -0.3 is 0 Å². The highest BCUT2D eigenvalue weighted by Crippen LogP contribution is 2.31. The molecule has 3 nitrogen and oxygen atoms in total. The molecule has 0 bridgehead atoms. The average molecular weight is 282 g/mol. The van der Waals surface area contributed by atoms with Crippen LogP contribution in [0, 0.1) is 0 Å². The van der Waals surface area contributed by atoms with Crippen LogP contribution in [0.15, 0.2) is 30.5 Å². The zero-order valence-corrected chi connectivity index (χ0v) is 12.7. The second-order valence-electron chi connectivity index (χ2n) is 6.25. The van der Waals surface area contributed by atoms with Gasteiger partial charge in [0.15, 0.2) is 6.29 Å². The van der Waals surface area contributed by atoms with Crippen molar-refractivity contribution in [3.05, 3.63) is 41.6 Å². The molecule has 0 spiro atoms. The number of benzene rings is 1. The molecule has 3 rings (SSSR count). The standard InChI is InChI=1S/C18H22N2O/c1-13(2)14-7-9-15(10-8-14)18-16(12-21)11-20(19-18)17-5-3-4-6-17/h7-13,17H,3-6H2,1-2H3. The largest absolute Gasteiger partial charge is 0.298 e. The molecule has 2 aromatic rings. The summed E-state index contributed by atoms with van der Waals surface area (Å²) in [5, 5.41) is 4.69. The molecule has 1 aliphatic carbocycles. The first-order chi connectivity index (χ1) is 10.2. The van der Waals surface area contributed by atoms with Crippen molar-refractivity contribution in [2.45, 2.75) is 51.5 Å². The summed E-state index contributed by atoms with van der Waals surface area (Å²) in [5.74, 6) is 0.514. The minimum atomic E-state index is 0.465. The van der Waals surface area contributed by atoms with E-state index >= 15 is 0 Å². The molecule has 0 unspecified atom stereocenters. The van der Waals surface area contributed by atoms with Crippen LogP contribution in [-0.4, -0.2) is 16.1 Å². The van der Waals surface area contributed by atoms with E-state index in [4.69, 9.17) is 5.10 Å². The van der Waals surface area contributed by atoms with Gasteiger partial charge in [0.2, 0.25) is 0 Å². The van der Waals surface area contributed by atoms with Crippen molar-refractivity contribution >= 4 is 6.29 Å². The molecule has 1 aromatic carbocycles. The van der Waals surface area contributed by atoms with Crippen LogP contribution in [0.1, 0.15) is 67.4 Å². The number of nitrogens with zero attached hydrogens (tertiary/aromatic N) is 2. The predicted molar refractivity (Wildman–Crippen MR) is 84.6 cm³/mol. The zero-order chi connectivity index (χ0) is 14.8. The summed E-state index contributed by atoms with van der Waals surface area (Å²) < 4.78 is 2.00. The van der Waals surface area contributed by atoms with E-state index in [1.165, 1.54) is 31.2 Å². The Morgan fingerprint density at radius 3 is 2.43 bits per heavy atom. The van der Waals surface area contributed by atoms with Gasteiger partial charge in [0.1, 0.15) is 5.69 Å². The number of hydrogen-bond acceptors (Lipinski definition) is 2. The van der Waals surface area contributed by atoms with Crippen molar-refractivity contribution in [1.29, 1.82) is 0 Å². The highest BCUT2D eigenvalue weighted by atomic mass is 16.1. The molecule has 0 aliphatic heterocycles. The minimum Gasteiger partial charge on any atom is -0.298 e. The highest BCUT2D eigenvalue weighted by Gasteiger charge is 2.20. The van der Waals surface area contributed by atoms with E-state index in [1.807, 2.05) is 10.9 Å². The van der Waals surface area contributed by atoms with E-state index in [0.717, 1.165) is 17.5 Å². The fourth-order valence-electron chi connectivity index (χ4n) is 3.10. The summed E-state index contributed by atoms with van der Waals surface area (Å²) in [6.45, 7) is 4.36. The smallest absolute Gasteiger partial charge is 0.153 e. The molecule has 1 fully saturated rings. The quantitative estimate of drug-likeness (QED) is 0.768. The Labute approximate surface area is 126 Å². The maximum atomic E-state index is 11.4. The number of aromatic nitrogens is 2. The lowest BCUT2D eigenvalue weighted by molar-refractivity contribution is 0.112. The maximum Gasteiger partial charge on any atom is 0.153 e. The van der Waals surface area contributed by atoms with E-state index in [0.29, 0.717) is 17.5 Å². The summed E-state index contributed by atoms with van der Waals surface area (Å²) in [5.41, 5.74) is 3.84. The van der Waals surface area contributed by atoms with Crippen LogP contribution < -0.4 is 0 Å². The monoisotopic (exact) mass is 282 g/mol. The van der Waals surface area contributed by atoms with Gasteiger partial charge >= 0.3 is 0 Å². The Kier molecular flexibility index (Phi) is 3.91. The van der Waals surface area contributed by atoms with Gasteiger partial charge in [-0.1, -0.05) is 51.0 Å². The van der Waals surface area contributed by atoms with Crippen LogP contribution in [0.4, 0.5) is 0 Å². The molecule has 0 radical (unpaired) electrons. The first kappa shape index (κ1) is 14.1. The summed E-state index contributed by atoms with van der Waals surface area (Å²) in [7, 11) is 0. The topological polar surface area (TPSA) is 34.9 Å². The molecule has 110 valence electrons. The predicted octanol–water partition coefficient (Wildman–Crippen LogP) is 4.60.